The molecule has 19 heavy (non-hydrogen) atoms. The summed E-state index contributed by atoms with van der Waals surface area (Å²) in [7, 11) is 1.83. The van der Waals surface area contributed by atoms with E-state index in [1.54, 1.807) is 0 Å². The first kappa shape index (κ1) is 14.1. The second-order valence-corrected chi connectivity index (χ2v) is 5.45. The van der Waals surface area contributed by atoms with E-state index in [-0.39, 0.29) is 5.91 Å². The number of aryl methyl sites for hydroxylation is 1. The van der Waals surface area contributed by atoms with Crippen LogP contribution in [0.5, 0.6) is 0 Å². The van der Waals surface area contributed by atoms with Crippen LogP contribution in [0.25, 0.3) is 0 Å². The van der Waals surface area contributed by atoms with Gasteiger partial charge in [-0.25, -0.2) is 4.98 Å². The summed E-state index contributed by atoms with van der Waals surface area (Å²) in [5.74, 6) is 0.876. The first-order valence-electron chi connectivity index (χ1n) is 7.13. The number of amides is 1. The molecule has 5 heteroatoms. The molecule has 0 aromatic carbocycles. The van der Waals surface area contributed by atoms with Crippen molar-refractivity contribution < 1.29 is 4.79 Å². The molecule has 1 aliphatic carbocycles. The van der Waals surface area contributed by atoms with E-state index in [0.717, 1.165) is 44.3 Å². The molecule has 2 rings (SSSR count). The van der Waals surface area contributed by atoms with Crippen LogP contribution in [0.4, 0.5) is 0 Å². The average molecular weight is 264 g/mol. The summed E-state index contributed by atoms with van der Waals surface area (Å²) in [4.78, 5) is 16.2. The van der Waals surface area contributed by atoms with Gasteiger partial charge in [-0.3, -0.25) is 4.79 Å². The standard InChI is InChI=1S/C14H24N4O/c1-3-5-12-17-8-9-18(12)11-6-4-7-14(10-11,16-2)13(15)19/h8-9,11,16H,3-7,10H2,1-2H3,(H2,15,19). The van der Waals surface area contributed by atoms with Crippen molar-refractivity contribution in [1.29, 1.82) is 0 Å². The quantitative estimate of drug-likeness (QED) is 0.844. The molecule has 106 valence electrons. The molecule has 3 N–H and O–H groups in total. The normalized spacial score (nSPS) is 27.4. The Bertz CT molecular complexity index is 442. The van der Waals surface area contributed by atoms with Crippen LogP contribution in [0.1, 0.15) is 50.9 Å². The lowest BCUT2D eigenvalue weighted by molar-refractivity contribution is -0.126. The number of nitrogens with one attached hydrogen (secondary N) is 1. The second-order valence-electron chi connectivity index (χ2n) is 5.45. The van der Waals surface area contributed by atoms with E-state index in [1.165, 1.54) is 0 Å². The number of nitrogens with two attached hydrogens (primary N) is 1. The van der Waals surface area contributed by atoms with Gasteiger partial charge in [-0.1, -0.05) is 6.92 Å². The minimum atomic E-state index is -0.559. The van der Waals surface area contributed by atoms with E-state index in [2.05, 4.69) is 21.8 Å². The van der Waals surface area contributed by atoms with Crippen LogP contribution < -0.4 is 11.1 Å². The largest absolute Gasteiger partial charge is 0.368 e. The lowest BCUT2D eigenvalue weighted by Gasteiger charge is -2.39. The predicted octanol–water partition coefficient (Wildman–Crippen LogP) is 1.39. The van der Waals surface area contributed by atoms with Crippen molar-refractivity contribution in [3.8, 4) is 0 Å². The minimum absolute atomic E-state index is 0.239. The van der Waals surface area contributed by atoms with Gasteiger partial charge >= 0.3 is 0 Å². The zero-order valence-electron chi connectivity index (χ0n) is 11.9. The van der Waals surface area contributed by atoms with Crippen LogP contribution >= 0.6 is 0 Å². The summed E-state index contributed by atoms with van der Waals surface area (Å²) in [6.45, 7) is 2.15. The number of carbonyl (C=O) groups excluding carboxylic acids is 1. The number of imidazole rings is 1. The maximum atomic E-state index is 11.8. The molecule has 0 bridgehead atoms. The number of hydrogen-bond acceptors (Lipinski definition) is 3. The number of nitrogens with zero attached hydrogens (tertiary/aromatic N) is 2. The van der Waals surface area contributed by atoms with Crippen molar-refractivity contribution in [2.75, 3.05) is 7.05 Å². The first-order valence-corrected chi connectivity index (χ1v) is 7.13. The van der Waals surface area contributed by atoms with Gasteiger partial charge in [0, 0.05) is 24.9 Å². The summed E-state index contributed by atoms with van der Waals surface area (Å²) < 4.78 is 2.23. The molecule has 1 heterocycles. The summed E-state index contributed by atoms with van der Waals surface area (Å²) in [5, 5.41) is 3.15. The highest BCUT2D eigenvalue weighted by Gasteiger charge is 2.40. The molecule has 1 fully saturated rings. The summed E-state index contributed by atoms with van der Waals surface area (Å²) >= 11 is 0. The number of rotatable bonds is 5. The smallest absolute Gasteiger partial charge is 0.237 e. The van der Waals surface area contributed by atoms with Crippen molar-refractivity contribution >= 4 is 5.91 Å². The summed E-state index contributed by atoms with van der Waals surface area (Å²) in [5.41, 5.74) is 5.04. The van der Waals surface area contributed by atoms with E-state index >= 15 is 0 Å². The highest BCUT2D eigenvalue weighted by atomic mass is 16.1. The van der Waals surface area contributed by atoms with Gasteiger partial charge in [0.1, 0.15) is 5.82 Å². The van der Waals surface area contributed by atoms with Crippen LogP contribution in [0.3, 0.4) is 0 Å². The molecule has 0 saturated heterocycles. The van der Waals surface area contributed by atoms with Gasteiger partial charge in [-0.15, -0.1) is 0 Å². The van der Waals surface area contributed by atoms with Gasteiger partial charge < -0.3 is 15.6 Å². The molecule has 0 spiro atoms. The maximum absolute atomic E-state index is 11.8. The average Bonchev–Trinajstić information content (AvgIpc) is 2.87. The van der Waals surface area contributed by atoms with Crippen LogP contribution in [0, 0.1) is 0 Å². The molecule has 0 aliphatic heterocycles. The molecular formula is C14H24N4O. The van der Waals surface area contributed by atoms with Gasteiger partial charge in [0.15, 0.2) is 0 Å². The predicted molar refractivity (Wildman–Crippen MR) is 74.7 cm³/mol. The van der Waals surface area contributed by atoms with Crippen LogP contribution in [-0.2, 0) is 11.2 Å². The molecule has 2 atom stereocenters. The Kier molecular flexibility index (Phi) is 4.24. The Morgan fingerprint density at radius 3 is 3.11 bits per heavy atom. The number of likely N-dealkylation sites (N-methyl/N-ethyl adjacent to an activating group) is 1. The van der Waals surface area contributed by atoms with E-state index in [1.807, 2.05) is 19.4 Å². The molecule has 5 nitrogen and oxygen atoms in total. The fraction of sp³-hybridized carbons (Fsp3) is 0.714. The third-order valence-corrected chi connectivity index (χ3v) is 4.29. The van der Waals surface area contributed by atoms with Crippen molar-refractivity contribution in [2.24, 2.45) is 5.73 Å². The van der Waals surface area contributed by atoms with Crippen LogP contribution in [0.15, 0.2) is 12.4 Å². The van der Waals surface area contributed by atoms with Gasteiger partial charge in [0.25, 0.3) is 0 Å². The Labute approximate surface area is 114 Å². The number of carbonyl (C=O) groups is 1. The highest BCUT2D eigenvalue weighted by Crippen LogP contribution is 2.35. The number of aromatic nitrogens is 2. The van der Waals surface area contributed by atoms with E-state index < -0.39 is 5.54 Å². The lowest BCUT2D eigenvalue weighted by Crippen LogP contribution is -2.56. The molecule has 1 saturated carbocycles. The molecule has 1 aromatic rings. The monoisotopic (exact) mass is 264 g/mol. The Morgan fingerprint density at radius 2 is 2.47 bits per heavy atom. The Hall–Kier alpha value is -1.36. The van der Waals surface area contributed by atoms with E-state index in [4.69, 9.17) is 5.73 Å². The Morgan fingerprint density at radius 1 is 1.68 bits per heavy atom. The van der Waals surface area contributed by atoms with Crippen molar-refractivity contribution in [3.63, 3.8) is 0 Å². The minimum Gasteiger partial charge on any atom is -0.368 e. The van der Waals surface area contributed by atoms with Crippen LogP contribution in [0.2, 0.25) is 0 Å². The first-order chi connectivity index (χ1) is 9.13. The number of hydrogen-bond donors (Lipinski definition) is 2. The zero-order chi connectivity index (χ0) is 13.9. The van der Waals surface area contributed by atoms with E-state index in [9.17, 15) is 4.79 Å². The molecule has 2 unspecified atom stereocenters. The lowest BCUT2D eigenvalue weighted by atomic mass is 9.78. The third-order valence-electron chi connectivity index (χ3n) is 4.29. The molecule has 1 aliphatic rings. The summed E-state index contributed by atoms with van der Waals surface area (Å²) in [6, 6.07) is 0.317. The molecule has 1 aromatic heterocycles. The van der Waals surface area contributed by atoms with Gasteiger partial charge in [-0.05, 0) is 39.2 Å². The van der Waals surface area contributed by atoms with Gasteiger partial charge in [-0.2, -0.15) is 0 Å². The van der Waals surface area contributed by atoms with Gasteiger partial charge in [0.05, 0.1) is 5.54 Å². The highest BCUT2D eigenvalue weighted by molar-refractivity contribution is 5.84. The van der Waals surface area contributed by atoms with Crippen LogP contribution in [-0.4, -0.2) is 28.0 Å². The zero-order valence-corrected chi connectivity index (χ0v) is 11.9. The fourth-order valence-corrected chi connectivity index (χ4v) is 3.15. The topological polar surface area (TPSA) is 72.9 Å². The van der Waals surface area contributed by atoms with E-state index in [0.29, 0.717) is 6.04 Å². The molecule has 1 amide bonds. The number of primary amides is 1. The van der Waals surface area contributed by atoms with Crippen molar-refractivity contribution in [1.82, 2.24) is 14.9 Å². The SMILES string of the molecule is CCCc1nccn1C1CCCC(NC)(C(N)=O)C1. The second kappa shape index (κ2) is 5.74. The van der Waals surface area contributed by atoms with Crippen molar-refractivity contribution in [2.45, 2.75) is 57.0 Å². The van der Waals surface area contributed by atoms with Gasteiger partial charge in [0.2, 0.25) is 5.91 Å². The Balaban J connectivity index is 2.21. The molecule has 0 radical (unpaired) electrons. The fourth-order valence-electron chi connectivity index (χ4n) is 3.15. The summed E-state index contributed by atoms with van der Waals surface area (Å²) in [6.07, 6.45) is 9.62. The third kappa shape index (κ3) is 2.66. The van der Waals surface area contributed by atoms with Crippen molar-refractivity contribution in [3.05, 3.63) is 18.2 Å². The molecular weight excluding hydrogens is 240 g/mol. The maximum Gasteiger partial charge on any atom is 0.237 e.